The molecule has 0 heterocycles. The Hall–Kier alpha value is -0.0500. The van der Waals surface area contributed by atoms with Crippen LogP contribution in [-0.4, -0.2) is 17.3 Å². The molecule has 1 N–H and O–H groups in total. The van der Waals surface area contributed by atoms with Crippen LogP contribution in [-0.2, 0) is 4.79 Å². The summed E-state index contributed by atoms with van der Waals surface area (Å²) in [6.07, 6.45) is 8.04. The molecule has 0 aliphatic heterocycles. The number of hydrogen-bond donors (Lipinski definition) is 1. The number of carbonyl (C=O) groups excluding carboxylic acids is 1. The van der Waals surface area contributed by atoms with Gasteiger partial charge in [0.2, 0.25) is 5.91 Å². The first-order valence-electron chi connectivity index (χ1n) is 6.09. The highest BCUT2D eigenvalue weighted by Gasteiger charge is 2.22. The molecule has 0 spiro atoms. The smallest absolute Gasteiger partial charge is 0.220 e. The minimum atomic E-state index is 0.232. The summed E-state index contributed by atoms with van der Waals surface area (Å²) >= 11 is 3.37. The Morgan fingerprint density at radius 2 is 2.07 bits per heavy atom. The van der Waals surface area contributed by atoms with Gasteiger partial charge in [-0.2, -0.15) is 0 Å². The Kier molecular flexibility index (Phi) is 6.30. The van der Waals surface area contributed by atoms with E-state index in [1.54, 1.807) is 0 Å². The van der Waals surface area contributed by atoms with Crippen LogP contribution in [0.4, 0.5) is 0 Å². The summed E-state index contributed by atoms with van der Waals surface area (Å²) in [4.78, 5) is 11.6. The van der Waals surface area contributed by atoms with Crippen molar-refractivity contribution < 1.29 is 4.79 Å². The van der Waals surface area contributed by atoms with Gasteiger partial charge in [-0.3, -0.25) is 4.79 Å². The first-order chi connectivity index (χ1) is 7.24. The summed E-state index contributed by atoms with van der Waals surface area (Å²) in [5.41, 5.74) is 0. The van der Waals surface area contributed by atoms with Crippen molar-refractivity contribution in [1.29, 1.82) is 0 Å². The minimum absolute atomic E-state index is 0.232. The lowest BCUT2D eigenvalue weighted by molar-refractivity contribution is -0.122. The number of nitrogens with one attached hydrogen (secondary N) is 1. The Bertz CT molecular complexity index is 190. The van der Waals surface area contributed by atoms with Crippen molar-refractivity contribution in [2.45, 2.75) is 57.9 Å². The third kappa shape index (κ3) is 5.01. The van der Waals surface area contributed by atoms with Crippen molar-refractivity contribution in [2.24, 2.45) is 5.92 Å². The van der Waals surface area contributed by atoms with E-state index >= 15 is 0 Å². The van der Waals surface area contributed by atoms with Crippen LogP contribution in [0.3, 0.4) is 0 Å². The fourth-order valence-electron chi connectivity index (χ4n) is 2.28. The number of halogens is 1. The molecule has 0 bridgehead atoms. The Labute approximate surface area is 101 Å². The molecule has 0 radical (unpaired) electrons. The van der Waals surface area contributed by atoms with Gasteiger partial charge < -0.3 is 5.32 Å². The summed E-state index contributed by atoms with van der Waals surface area (Å²) in [5.74, 6) is 0.959. The summed E-state index contributed by atoms with van der Waals surface area (Å²) in [5, 5.41) is 4.12. The second kappa shape index (κ2) is 7.26. The normalized spacial score (nSPS) is 19.1. The molecule has 0 aromatic carbocycles. The van der Waals surface area contributed by atoms with Gasteiger partial charge >= 0.3 is 0 Å². The number of hydrogen-bond acceptors (Lipinski definition) is 1. The van der Waals surface area contributed by atoms with E-state index in [1.807, 2.05) is 0 Å². The van der Waals surface area contributed by atoms with E-state index in [1.165, 1.54) is 25.7 Å². The first-order valence-corrected chi connectivity index (χ1v) is 7.21. The highest BCUT2D eigenvalue weighted by atomic mass is 79.9. The van der Waals surface area contributed by atoms with Crippen molar-refractivity contribution in [3.63, 3.8) is 0 Å². The average molecular weight is 276 g/mol. The molecule has 1 aliphatic carbocycles. The molecule has 1 atom stereocenters. The fraction of sp³-hybridized carbons (Fsp3) is 0.917. The van der Waals surface area contributed by atoms with Gasteiger partial charge in [0, 0.05) is 17.8 Å². The highest BCUT2D eigenvalue weighted by Crippen LogP contribution is 2.27. The molecule has 15 heavy (non-hydrogen) atoms. The van der Waals surface area contributed by atoms with Crippen LogP contribution < -0.4 is 5.32 Å². The molecule has 0 unspecified atom stereocenters. The molecule has 3 heteroatoms. The fourth-order valence-corrected chi connectivity index (χ4v) is 2.68. The molecule has 0 aromatic rings. The summed E-state index contributed by atoms with van der Waals surface area (Å²) in [7, 11) is 0. The standard InChI is InChI=1S/C12H22BrNO/c1-10(11-6-2-3-7-11)14-12(15)8-4-5-9-13/h10-11H,2-9H2,1H3,(H,14,15)/t10-/m0/s1. The maximum Gasteiger partial charge on any atom is 0.220 e. The molecule has 0 aromatic heterocycles. The Morgan fingerprint density at radius 1 is 1.40 bits per heavy atom. The topological polar surface area (TPSA) is 29.1 Å². The maximum absolute atomic E-state index is 11.6. The number of amides is 1. The van der Waals surface area contributed by atoms with Gasteiger partial charge in [-0.15, -0.1) is 0 Å². The van der Waals surface area contributed by atoms with Gasteiger partial charge in [0.25, 0.3) is 0 Å². The second-order valence-corrected chi connectivity index (χ2v) is 5.34. The van der Waals surface area contributed by atoms with Crippen LogP contribution in [0, 0.1) is 5.92 Å². The summed E-state index contributed by atoms with van der Waals surface area (Å²) < 4.78 is 0. The third-order valence-corrected chi connectivity index (χ3v) is 3.84. The van der Waals surface area contributed by atoms with Gasteiger partial charge in [-0.05, 0) is 38.5 Å². The molecule has 2 nitrogen and oxygen atoms in total. The quantitative estimate of drug-likeness (QED) is 0.585. The van der Waals surface area contributed by atoms with Crippen molar-refractivity contribution in [3.8, 4) is 0 Å². The number of alkyl halides is 1. The van der Waals surface area contributed by atoms with E-state index in [0.29, 0.717) is 12.5 Å². The number of rotatable bonds is 6. The van der Waals surface area contributed by atoms with E-state index in [4.69, 9.17) is 0 Å². The van der Waals surface area contributed by atoms with Crippen molar-refractivity contribution in [3.05, 3.63) is 0 Å². The van der Waals surface area contributed by atoms with Crippen LogP contribution in [0.25, 0.3) is 0 Å². The zero-order valence-corrected chi connectivity index (χ0v) is 11.2. The lowest BCUT2D eigenvalue weighted by Gasteiger charge is -2.20. The maximum atomic E-state index is 11.6. The Morgan fingerprint density at radius 3 is 2.67 bits per heavy atom. The summed E-state index contributed by atoms with van der Waals surface area (Å²) in [6.45, 7) is 2.15. The first kappa shape index (κ1) is 13.0. The van der Waals surface area contributed by atoms with Crippen LogP contribution in [0.2, 0.25) is 0 Å². The molecule has 1 fully saturated rings. The second-order valence-electron chi connectivity index (χ2n) is 4.55. The molecule has 1 saturated carbocycles. The SMILES string of the molecule is C[C@H](NC(=O)CCCCBr)C1CCCC1. The lowest BCUT2D eigenvalue weighted by Crippen LogP contribution is -2.37. The van der Waals surface area contributed by atoms with Crippen LogP contribution in [0.5, 0.6) is 0 Å². The minimum Gasteiger partial charge on any atom is -0.353 e. The van der Waals surface area contributed by atoms with E-state index < -0.39 is 0 Å². The van der Waals surface area contributed by atoms with Crippen LogP contribution >= 0.6 is 15.9 Å². The van der Waals surface area contributed by atoms with Gasteiger partial charge in [0.1, 0.15) is 0 Å². The zero-order chi connectivity index (χ0) is 11.1. The van der Waals surface area contributed by atoms with Gasteiger partial charge in [-0.1, -0.05) is 28.8 Å². The zero-order valence-electron chi connectivity index (χ0n) is 9.60. The van der Waals surface area contributed by atoms with E-state index in [2.05, 4.69) is 28.2 Å². The molecule has 1 amide bonds. The predicted molar refractivity (Wildman–Crippen MR) is 67.2 cm³/mol. The van der Waals surface area contributed by atoms with E-state index in [0.717, 1.165) is 24.1 Å². The van der Waals surface area contributed by atoms with Crippen molar-refractivity contribution >= 4 is 21.8 Å². The molecular formula is C12H22BrNO. The van der Waals surface area contributed by atoms with Crippen LogP contribution in [0.15, 0.2) is 0 Å². The Balaban J connectivity index is 2.13. The lowest BCUT2D eigenvalue weighted by atomic mass is 9.99. The number of carbonyl (C=O) groups is 1. The average Bonchev–Trinajstić information content (AvgIpc) is 2.70. The third-order valence-electron chi connectivity index (χ3n) is 3.28. The highest BCUT2D eigenvalue weighted by molar-refractivity contribution is 9.09. The van der Waals surface area contributed by atoms with Gasteiger partial charge in [0.05, 0.1) is 0 Å². The number of unbranched alkanes of at least 4 members (excludes halogenated alkanes) is 1. The van der Waals surface area contributed by atoms with Gasteiger partial charge in [0.15, 0.2) is 0 Å². The molecule has 88 valence electrons. The molecule has 1 aliphatic rings. The van der Waals surface area contributed by atoms with Gasteiger partial charge in [-0.25, -0.2) is 0 Å². The summed E-state index contributed by atoms with van der Waals surface area (Å²) in [6, 6.07) is 0.379. The monoisotopic (exact) mass is 275 g/mol. The predicted octanol–water partition coefficient (Wildman–Crippen LogP) is 3.25. The largest absolute Gasteiger partial charge is 0.353 e. The van der Waals surface area contributed by atoms with Crippen molar-refractivity contribution in [2.75, 3.05) is 5.33 Å². The molecule has 1 rings (SSSR count). The van der Waals surface area contributed by atoms with E-state index in [9.17, 15) is 4.79 Å². The molecule has 0 saturated heterocycles. The van der Waals surface area contributed by atoms with Crippen molar-refractivity contribution in [1.82, 2.24) is 5.32 Å². The van der Waals surface area contributed by atoms with E-state index in [-0.39, 0.29) is 5.91 Å². The van der Waals surface area contributed by atoms with Crippen LogP contribution in [0.1, 0.15) is 51.9 Å². The molecular weight excluding hydrogens is 254 g/mol.